The van der Waals surface area contributed by atoms with Gasteiger partial charge in [-0.15, -0.1) is 0 Å². The van der Waals surface area contributed by atoms with E-state index in [4.69, 9.17) is 0 Å². The molecule has 1 heterocycles. The van der Waals surface area contributed by atoms with Crippen molar-refractivity contribution in [2.45, 2.75) is 32.0 Å². The van der Waals surface area contributed by atoms with Crippen LogP contribution in [0.15, 0.2) is 24.3 Å². The highest BCUT2D eigenvalue weighted by molar-refractivity contribution is 7.99. The average Bonchev–Trinajstić information content (AvgIpc) is 2.26. The number of hydrogen-bond acceptors (Lipinski definition) is 2. The maximum atomic E-state index is 13.0. The van der Waals surface area contributed by atoms with Crippen LogP contribution < -0.4 is 0 Å². The Kier molecular flexibility index (Phi) is 3.64. The van der Waals surface area contributed by atoms with Gasteiger partial charge in [0.15, 0.2) is 0 Å². The van der Waals surface area contributed by atoms with Gasteiger partial charge in [0.05, 0.1) is 11.2 Å². The third kappa shape index (κ3) is 3.08. The van der Waals surface area contributed by atoms with Crippen LogP contribution in [0.2, 0.25) is 0 Å². The quantitative estimate of drug-likeness (QED) is 0.842. The SMILES string of the molecule is CC1(C)CSCC(O)(c2ccccc2C(F)(F)F)C1. The molecule has 1 fully saturated rings. The summed E-state index contributed by atoms with van der Waals surface area (Å²) in [5.41, 5.74) is -2.30. The summed E-state index contributed by atoms with van der Waals surface area (Å²) in [7, 11) is 0. The molecule has 0 radical (unpaired) electrons. The molecule has 19 heavy (non-hydrogen) atoms. The summed E-state index contributed by atoms with van der Waals surface area (Å²) in [6, 6.07) is 5.34. The molecule has 0 aliphatic carbocycles. The Labute approximate surface area is 115 Å². The fourth-order valence-corrected chi connectivity index (χ4v) is 4.05. The first kappa shape index (κ1) is 14.7. The Morgan fingerprint density at radius 3 is 2.37 bits per heavy atom. The molecule has 2 rings (SSSR count). The van der Waals surface area contributed by atoms with Crippen LogP contribution >= 0.6 is 11.8 Å². The summed E-state index contributed by atoms with van der Waals surface area (Å²) in [5.74, 6) is 1.16. The molecular weight excluding hydrogens is 273 g/mol. The van der Waals surface area contributed by atoms with Crippen LogP contribution in [0.25, 0.3) is 0 Å². The highest BCUT2D eigenvalue weighted by Gasteiger charge is 2.45. The van der Waals surface area contributed by atoms with Crippen LogP contribution in [-0.2, 0) is 11.8 Å². The summed E-state index contributed by atoms with van der Waals surface area (Å²) < 4.78 is 39.1. The van der Waals surface area contributed by atoms with E-state index in [9.17, 15) is 18.3 Å². The maximum absolute atomic E-state index is 13.0. The molecule has 1 atom stereocenters. The minimum absolute atomic E-state index is 0.00257. The van der Waals surface area contributed by atoms with Gasteiger partial charge in [-0.25, -0.2) is 0 Å². The molecule has 1 nitrogen and oxygen atoms in total. The molecule has 1 aromatic carbocycles. The highest BCUT2D eigenvalue weighted by Crippen LogP contribution is 2.47. The fraction of sp³-hybridized carbons (Fsp3) is 0.571. The van der Waals surface area contributed by atoms with Crippen LogP contribution in [0.3, 0.4) is 0 Å². The fourth-order valence-electron chi connectivity index (χ4n) is 2.70. The van der Waals surface area contributed by atoms with E-state index in [2.05, 4.69) is 0 Å². The summed E-state index contributed by atoms with van der Waals surface area (Å²) in [5, 5.41) is 10.7. The van der Waals surface area contributed by atoms with E-state index in [1.165, 1.54) is 23.9 Å². The van der Waals surface area contributed by atoms with Crippen molar-refractivity contribution in [3.8, 4) is 0 Å². The number of thioether (sulfide) groups is 1. The van der Waals surface area contributed by atoms with Gasteiger partial charge >= 0.3 is 6.18 Å². The second-order valence-electron chi connectivity index (χ2n) is 5.91. The second kappa shape index (κ2) is 4.70. The molecule has 0 bridgehead atoms. The van der Waals surface area contributed by atoms with E-state index in [0.717, 1.165) is 11.8 Å². The lowest BCUT2D eigenvalue weighted by molar-refractivity contribution is -0.141. The summed E-state index contributed by atoms with van der Waals surface area (Å²) in [6.07, 6.45) is -4.08. The Bertz CT molecular complexity index is 470. The van der Waals surface area contributed by atoms with E-state index in [1.54, 1.807) is 6.07 Å². The molecule has 1 unspecified atom stereocenters. The number of aliphatic hydroxyl groups is 1. The lowest BCUT2D eigenvalue weighted by atomic mass is 9.77. The number of hydrogen-bond donors (Lipinski definition) is 1. The van der Waals surface area contributed by atoms with E-state index < -0.39 is 17.3 Å². The van der Waals surface area contributed by atoms with Gasteiger partial charge in [-0.2, -0.15) is 24.9 Å². The minimum Gasteiger partial charge on any atom is -0.384 e. The van der Waals surface area contributed by atoms with Gasteiger partial charge in [-0.3, -0.25) is 0 Å². The van der Waals surface area contributed by atoms with E-state index >= 15 is 0 Å². The largest absolute Gasteiger partial charge is 0.416 e. The van der Waals surface area contributed by atoms with E-state index in [1.807, 2.05) is 13.8 Å². The molecule has 1 aliphatic heterocycles. The van der Waals surface area contributed by atoms with Crippen molar-refractivity contribution >= 4 is 11.8 Å². The molecule has 0 amide bonds. The topological polar surface area (TPSA) is 20.2 Å². The van der Waals surface area contributed by atoms with Crippen LogP contribution in [-0.4, -0.2) is 16.6 Å². The van der Waals surface area contributed by atoms with E-state index in [0.29, 0.717) is 12.2 Å². The van der Waals surface area contributed by atoms with E-state index in [-0.39, 0.29) is 11.0 Å². The number of rotatable bonds is 1. The molecule has 1 saturated heterocycles. The summed E-state index contributed by atoms with van der Waals surface area (Å²) >= 11 is 1.51. The highest BCUT2D eigenvalue weighted by atomic mass is 32.2. The molecule has 1 N–H and O–H groups in total. The van der Waals surface area contributed by atoms with Gasteiger partial charge in [0.2, 0.25) is 0 Å². The van der Waals surface area contributed by atoms with Crippen molar-refractivity contribution in [3.05, 3.63) is 35.4 Å². The number of halogens is 3. The van der Waals surface area contributed by atoms with Gasteiger partial charge in [-0.05, 0) is 29.2 Å². The molecule has 0 aromatic heterocycles. The Morgan fingerprint density at radius 2 is 1.79 bits per heavy atom. The van der Waals surface area contributed by atoms with Crippen LogP contribution in [0, 0.1) is 5.41 Å². The Balaban J connectivity index is 2.46. The van der Waals surface area contributed by atoms with Gasteiger partial charge in [0, 0.05) is 5.75 Å². The Hall–Kier alpha value is -0.680. The predicted molar refractivity (Wildman–Crippen MR) is 71.1 cm³/mol. The van der Waals surface area contributed by atoms with Gasteiger partial charge in [0.25, 0.3) is 0 Å². The Morgan fingerprint density at radius 1 is 1.16 bits per heavy atom. The van der Waals surface area contributed by atoms with Crippen LogP contribution in [0.1, 0.15) is 31.4 Å². The normalized spacial score (nSPS) is 27.3. The zero-order valence-corrected chi connectivity index (χ0v) is 11.7. The average molecular weight is 290 g/mol. The van der Waals surface area contributed by atoms with Gasteiger partial charge < -0.3 is 5.11 Å². The first-order valence-corrected chi connectivity index (χ1v) is 7.26. The molecule has 0 saturated carbocycles. The van der Waals surface area contributed by atoms with Gasteiger partial charge in [-0.1, -0.05) is 32.0 Å². The van der Waals surface area contributed by atoms with Crippen LogP contribution in [0.4, 0.5) is 13.2 Å². The predicted octanol–water partition coefficient (Wildman–Crippen LogP) is 4.06. The van der Waals surface area contributed by atoms with Gasteiger partial charge in [0.1, 0.15) is 0 Å². The smallest absolute Gasteiger partial charge is 0.384 e. The zero-order chi connectivity index (χ0) is 14.3. The summed E-state index contributed by atoms with van der Waals surface area (Å²) in [6.45, 7) is 3.95. The number of alkyl halides is 3. The lowest BCUT2D eigenvalue weighted by Crippen LogP contribution is -2.41. The minimum atomic E-state index is -4.43. The molecule has 1 aliphatic rings. The van der Waals surface area contributed by atoms with Crippen molar-refractivity contribution in [1.82, 2.24) is 0 Å². The second-order valence-corrected chi connectivity index (χ2v) is 6.89. The van der Waals surface area contributed by atoms with Crippen molar-refractivity contribution in [3.63, 3.8) is 0 Å². The third-order valence-corrected chi connectivity index (χ3v) is 5.01. The zero-order valence-electron chi connectivity index (χ0n) is 10.9. The van der Waals surface area contributed by atoms with Crippen molar-refractivity contribution in [1.29, 1.82) is 0 Å². The molecule has 0 spiro atoms. The van der Waals surface area contributed by atoms with Crippen LogP contribution in [0.5, 0.6) is 0 Å². The molecule has 5 heteroatoms. The first-order chi connectivity index (χ1) is 8.64. The van der Waals surface area contributed by atoms with Crippen molar-refractivity contribution in [2.75, 3.05) is 11.5 Å². The standard InChI is InChI=1S/C14H17F3OS/c1-12(2)7-13(18,9-19-8-12)10-5-3-4-6-11(10)14(15,16)17/h3-6,18H,7-9H2,1-2H3. The van der Waals surface area contributed by atoms with Crippen molar-refractivity contribution in [2.24, 2.45) is 5.41 Å². The monoisotopic (exact) mass is 290 g/mol. The molecule has 1 aromatic rings. The number of benzene rings is 1. The lowest BCUT2D eigenvalue weighted by Gasteiger charge is -2.42. The third-order valence-electron chi connectivity index (χ3n) is 3.34. The maximum Gasteiger partial charge on any atom is 0.416 e. The molecule has 106 valence electrons. The molecular formula is C14H17F3OS. The van der Waals surface area contributed by atoms with Crippen molar-refractivity contribution < 1.29 is 18.3 Å². The first-order valence-electron chi connectivity index (χ1n) is 6.11. The summed E-state index contributed by atoms with van der Waals surface area (Å²) in [4.78, 5) is 0.